The maximum absolute atomic E-state index is 13.6. The van der Waals surface area contributed by atoms with Gasteiger partial charge < -0.3 is 14.4 Å². The molecule has 0 aliphatic carbocycles. The van der Waals surface area contributed by atoms with Crippen molar-refractivity contribution in [2.45, 2.75) is 25.9 Å². The van der Waals surface area contributed by atoms with Crippen LogP contribution in [0.3, 0.4) is 0 Å². The summed E-state index contributed by atoms with van der Waals surface area (Å²) in [4.78, 5) is 15.4. The van der Waals surface area contributed by atoms with E-state index in [0.717, 1.165) is 40.2 Å². The van der Waals surface area contributed by atoms with Gasteiger partial charge in [0.1, 0.15) is 23.0 Å². The summed E-state index contributed by atoms with van der Waals surface area (Å²) in [7, 11) is 1.62. The number of hydrogen-bond acceptors (Lipinski definition) is 4. The lowest BCUT2D eigenvalue weighted by atomic mass is 9.95. The molecular formula is C28H26FN3O3. The van der Waals surface area contributed by atoms with Gasteiger partial charge in [-0.05, 0) is 66.1 Å². The number of ether oxygens (including phenoxy) is 2. The Morgan fingerprint density at radius 2 is 1.80 bits per heavy atom. The smallest absolute Gasteiger partial charge is 0.273 e. The van der Waals surface area contributed by atoms with Gasteiger partial charge >= 0.3 is 0 Å². The number of H-pyrrole nitrogens is 1. The lowest BCUT2D eigenvalue weighted by molar-refractivity contribution is 0.0730. The molecule has 0 saturated carbocycles. The maximum atomic E-state index is 13.6. The van der Waals surface area contributed by atoms with Gasteiger partial charge in [-0.2, -0.15) is 5.10 Å². The molecule has 0 fully saturated rings. The van der Waals surface area contributed by atoms with Gasteiger partial charge in [-0.15, -0.1) is 0 Å². The number of methoxy groups -OCH3 is 1. The first-order valence-electron chi connectivity index (χ1n) is 11.6. The van der Waals surface area contributed by atoms with E-state index in [0.29, 0.717) is 24.5 Å². The number of fused-ring (bicyclic) bond motifs is 1. The summed E-state index contributed by atoms with van der Waals surface area (Å²) in [5.74, 6) is 1.03. The number of carbonyl (C=O) groups excluding carboxylic acids is 1. The standard InChI is InChI=1S/C28H26FN3O3/c1-3-15-35-23-6-4-5-20(16-23)27-24-25(19-9-13-22(34-2)14-10-19)30-31-26(24)28(33)32(27)17-18-7-11-21(29)12-8-18/h4-14,16,27H,3,15,17H2,1-2H3,(H,30,31). The van der Waals surface area contributed by atoms with Crippen LogP contribution in [0, 0.1) is 5.82 Å². The molecular weight excluding hydrogens is 445 g/mol. The van der Waals surface area contributed by atoms with E-state index in [4.69, 9.17) is 9.47 Å². The molecule has 178 valence electrons. The lowest BCUT2D eigenvalue weighted by Gasteiger charge is -2.27. The molecule has 5 rings (SSSR count). The van der Waals surface area contributed by atoms with Crippen molar-refractivity contribution in [2.75, 3.05) is 13.7 Å². The van der Waals surface area contributed by atoms with Crippen LogP contribution in [-0.4, -0.2) is 34.7 Å². The van der Waals surface area contributed by atoms with Crippen molar-refractivity contribution in [3.05, 3.63) is 101 Å². The summed E-state index contributed by atoms with van der Waals surface area (Å²) in [5.41, 5.74) is 4.62. The first-order valence-corrected chi connectivity index (χ1v) is 11.6. The van der Waals surface area contributed by atoms with E-state index in [2.05, 4.69) is 17.1 Å². The van der Waals surface area contributed by atoms with E-state index in [1.54, 1.807) is 24.1 Å². The highest BCUT2D eigenvalue weighted by Gasteiger charge is 2.42. The van der Waals surface area contributed by atoms with Gasteiger partial charge in [0.2, 0.25) is 0 Å². The fourth-order valence-electron chi connectivity index (χ4n) is 4.46. The molecule has 1 unspecified atom stereocenters. The summed E-state index contributed by atoms with van der Waals surface area (Å²) >= 11 is 0. The van der Waals surface area contributed by atoms with Crippen molar-refractivity contribution in [3.63, 3.8) is 0 Å². The van der Waals surface area contributed by atoms with Crippen LogP contribution in [0.2, 0.25) is 0 Å². The summed E-state index contributed by atoms with van der Waals surface area (Å²) in [6.45, 7) is 3.00. The second kappa shape index (κ2) is 9.62. The zero-order valence-corrected chi connectivity index (χ0v) is 19.6. The van der Waals surface area contributed by atoms with Crippen LogP contribution in [-0.2, 0) is 6.54 Å². The number of halogens is 1. The lowest BCUT2D eigenvalue weighted by Crippen LogP contribution is -2.29. The molecule has 4 aromatic rings. The number of nitrogens with one attached hydrogen (secondary N) is 1. The fourth-order valence-corrected chi connectivity index (χ4v) is 4.46. The van der Waals surface area contributed by atoms with Crippen LogP contribution in [0.1, 0.15) is 46.6 Å². The zero-order chi connectivity index (χ0) is 24.4. The van der Waals surface area contributed by atoms with Crippen molar-refractivity contribution in [1.29, 1.82) is 0 Å². The summed E-state index contributed by atoms with van der Waals surface area (Å²) in [6.07, 6.45) is 0.899. The topological polar surface area (TPSA) is 67.5 Å². The van der Waals surface area contributed by atoms with Crippen LogP contribution in [0.25, 0.3) is 11.3 Å². The van der Waals surface area contributed by atoms with Crippen LogP contribution in [0.15, 0.2) is 72.8 Å². The Morgan fingerprint density at radius 1 is 1.03 bits per heavy atom. The minimum Gasteiger partial charge on any atom is -0.497 e. The SMILES string of the molecule is CCCOc1cccc(C2c3c(-c4ccc(OC)cc4)n[nH]c3C(=O)N2Cc2ccc(F)cc2)c1. The Balaban J connectivity index is 1.60. The highest BCUT2D eigenvalue weighted by atomic mass is 19.1. The first kappa shape index (κ1) is 22.7. The molecule has 1 amide bonds. The minimum atomic E-state index is -0.386. The summed E-state index contributed by atoms with van der Waals surface area (Å²) in [6, 6.07) is 21.3. The van der Waals surface area contributed by atoms with E-state index in [-0.39, 0.29) is 17.8 Å². The number of nitrogens with zero attached hydrogens (tertiary/aromatic N) is 2. The molecule has 35 heavy (non-hydrogen) atoms. The molecule has 3 aromatic carbocycles. The number of hydrogen-bond donors (Lipinski definition) is 1. The number of aromatic nitrogens is 2. The van der Waals surface area contributed by atoms with Crippen molar-refractivity contribution in [3.8, 4) is 22.8 Å². The van der Waals surface area contributed by atoms with Gasteiger partial charge in [0, 0.05) is 17.7 Å². The molecule has 1 N–H and O–H groups in total. The number of amides is 1. The van der Waals surface area contributed by atoms with Gasteiger partial charge in [0.25, 0.3) is 5.91 Å². The predicted molar refractivity (Wildman–Crippen MR) is 131 cm³/mol. The molecule has 2 heterocycles. The van der Waals surface area contributed by atoms with E-state index in [1.807, 2.05) is 48.5 Å². The van der Waals surface area contributed by atoms with Crippen LogP contribution < -0.4 is 9.47 Å². The Kier molecular flexibility index (Phi) is 6.23. The van der Waals surface area contributed by atoms with Crippen LogP contribution in [0.4, 0.5) is 4.39 Å². The Morgan fingerprint density at radius 3 is 2.51 bits per heavy atom. The van der Waals surface area contributed by atoms with Gasteiger partial charge in [0.15, 0.2) is 0 Å². The first-order chi connectivity index (χ1) is 17.1. The molecule has 1 aromatic heterocycles. The van der Waals surface area contributed by atoms with E-state index < -0.39 is 0 Å². The summed E-state index contributed by atoms with van der Waals surface area (Å²) < 4.78 is 24.7. The molecule has 6 nitrogen and oxygen atoms in total. The van der Waals surface area contributed by atoms with E-state index >= 15 is 0 Å². The molecule has 1 aliphatic rings. The van der Waals surface area contributed by atoms with Gasteiger partial charge in [-0.25, -0.2) is 4.39 Å². The van der Waals surface area contributed by atoms with Gasteiger partial charge in [0.05, 0.1) is 25.5 Å². The Hall–Kier alpha value is -4.13. The normalized spacial score (nSPS) is 14.8. The number of carbonyl (C=O) groups is 1. The second-order valence-electron chi connectivity index (χ2n) is 8.47. The third kappa shape index (κ3) is 4.37. The summed E-state index contributed by atoms with van der Waals surface area (Å²) in [5, 5.41) is 7.49. The van der Waals surface area contributed by atoms with Gasteiger partial charge in [-0.1, -0.05) is 31.2 Å². The minimum absolute atomic E-state index is 0.151. The average molecular weight is 472 g/mol. The van der Waals surface area contributed by atoms with E-state index in [1.165, 1.54) is 12.1 Å². The van der Waals surface area contributed by atoms with Crippen molar-refractivity contribution in [1.82, 2.24) is 15.1 Å². The molecule has 0 saturated heterocycles. The number of rotatable bonds is 8. The fraction of sp³-hybridized carbons (Fsp3) is 0.214. The van der Waals surface area contributed by atoms with Crippen molar-refractivity contribution >= 4 is 5.91 Å². The average Bonchev–Trinajstić information content (AvgIpc) is 3.43. The Labute approximate surface area is 203 Å². The Bertz CT molecular complexity index is 1330. The highest BCUT2D eigenvalue weighted by Crippen LogP contribution is 2.44. The monoisotopic (exact) mass is 471 g/mol. The number of aromatic amines is 1. The number of benzene rings is 3. The van der Waals surface area contributed by atoms with Crippen molar-refractivity contribution < 1.29 is 18.7 Å². The molecule has 0 spiro atoms. The zero-order valence-electron chi connectivity index (χ0n) is 19.6. The van der Waals surface area contributed by atoms with Crippen molar-refractivity contribution in [2.24, 2.45) is 0 Å². The second-order valence-corrected chi connectivity index (χ2v) is 8.47. The molecule has 1 atom stereocenters. The van der Waals surface area contributed by atoms with Crippen LogP contribution >= 0.6 is 0 Å². The third-order valence-corrected chi connectivity index (χ3v) is 6.14. The predicted octanol–water partition coefficient (Wildman–Crippen LogP) is 5.76. The molecule has 0 radical (unpaired) electrons. The van der Waals surface area contributed by atoms with E-state index in [9.17, 15) is 9.18 Å². The molecule has 1 aliphatic heterocycles. The molecule has 0 bridgehead atoms. The third-order valence-electron chi connectivity index (χ3n) is 6.14. The van der Waals surface area contributed by atoms with Gasteiger partial charge in [-0.3, -0.25) is 9.89 Å². The molecule has 7 heteroatoms. The quantitative estimate of drug-likeness (QED) is 0.355. The van der Waals surface area contributed by atoms with Crippen LogP contribution in [0.5, 0.6) is 11.5 Å². The largest absolute Gasteiger partial charge is 0.497 e. The highest BCUT2D eigenvalue weighted by molar-refractivity contribution is 6.00. The maximum Gasteiger partial charge on any atom is 0.273 e.